The first-order valence-corrected chi connectivity index (χ1v) is 3.17. The summed E-state index contributed by atoms with van der Waals surface area (Å²) in [7, 11) is 0. The van der Waals surface area contributed by atoms with Crippen molar-refractivity contribution < 1.29 is 79.6 Å². The summed E-state index contributed by atoms with van der Waals surface area (Å²) >= 11 is 0. The van der Waals surface area contributed by atoms with E-state index in [1.54, 1.807) is 0 Å². The van der Waals surface area contributed by atoms with Crippen LogP contribution in [-0.4, -0.2) is 95.3 Å². The molecule has 0 aliphatic carbocycles. The zero-order chi connectivity index (χ0) is 10.6. The van der Waals surface area contributed by atoms with Gasteiger partial charge in [0.15, 0.2) is 5.60 Å². The maximum absolute atomic E-state index is 10.3. The molecule has 0 amide bonds. The molecule has 7 nitrogen and oxygen atoms in total. The Morgan fingerprint density at radius 2 is 1.12 bits per heavy atom. The van der Waals surface area contributed by atoms with E-state index in [9.17, 15) is 14.4 Å². The van der Waals surface area contributed by atoms with Crippen LogP contribution in [0.15, 0.2) is 0 Å². The number of carbonyl (C=O) groups is 3. The fraction of sp³-hybridized carbons (Fsp3) is 0.500. The van der Waals surface area contributed by atoms with Crippen LogP contribution >= 0.6 is 0 Å². The molecule has 0 fully saturated rings. The molecule has 0 heterocycles. The Bertz CT molecular complexity index is 241. The number of carboxylic acids is 3. The van der Waals surface area contributed by atoms with Crippen molar-refractivity contribution in [3.05, 3.63) is 0 Å². The molecular formula is C6H8Au2KO7. The van der Waals surface area contributed by atoms with Crippen molar-refractivity contribution in [2.75, 3.05) is 0 Å². The van der Waals surface area contributed by atoms with Crippen LogP contribution in [-0.2, 0) is 59.1 Å². The van der Waals surface area contributed by atoms with Gasteiger partial charge in [0.1, 0.15) is 0 Å². The van der Waals surface area contributed by atoms with E-state index >= 15 is 0 Å². The standard InChI is InChI=1S/C6H8O7.2Au.K/c7-3(8)1-6(13,5(11)12)2-4(9)10;;;/h13H,1-2H2,(H,7,8)(H,9,10)(H,11,12);;;. The van der Waals surface area contributed by atoms with Gasteiger partial charge < -0.3 is 20.4 Å². The molecule has 4 N–H and O–H groups in total. The quantitative estimate of drug-likeness (QED) is 0.270. The van der Waals surface area contributed by atoms with Crippen molar-refractivity contribution in [3.63, 3.8) is 0 Å². The Hall–Kier alpha value is 1.49. The van der Waals surface area contributed by atoms with Crippen LogP contribution in [0.3, 0.4) is 0 Å². The van der Waals surface area contributed by atoms with E-state index in [2.05, 4.69) is 0 Å². The molecule has 0 saturated carbocycles. The van der Waals surface area contributed by atoms with E-state index in [1.165, 1.54) is 0 Å². The molecule has 0 saturated heterocycles. The molecule has 0 spiro atoms. The molecule has 0 aliphatic heterocycles. The first-order valence-electron chi connectivity index (χ1n) is 3.17. The second-order valence-corrected chi connectivity index (χ2v) is 2.48. The minimum atomic E-state index is -2.74. The van der Waals surface area contributed by atoms with E-state index in [1.807, 2.05) is 0 Å². The maximum atomic E-state index is 10.3. The molecule has 0 aromatic carbocycles. The van der Waals surface area contributed by atoms with Crippen LogP contribution in [0.5, 0.6) is 0 Å². The van der Waals surface area contributed by atoms with Gasteiger partial charge in [0.25, 0.3) is 0 Å². The largest absolute Gasteiger partial charge is 0.481 e. The summed E-state index contributed by atoms with van der Waals surface area (Å²) in [6.45, 7) is 0. The summed E-state index contributed by atoms with van der Waals surface area (Å²) in [6, 6.07) is 0. The Kier molecular flexibility index (Phi) is 18.9. The monoisotopic (exact) mass is 625 g/mol. The van der Waals surface area contributed by atoms with Crippen molar-refractivity contribution in [3.8, 4) is 0 Å². The third kappa shape index (κ3) is 10.6. The van der Waals surface area contributed by atoms with Crippen molar-refractivity contribution in [2.24, 2.45) is 0 Å². The van der Waals surface area contributed by atoms with Gasteiger partial charge in [-0.05, 0) is 0 Å². The van der Waals surface area contributed by atoms with Gasteiger partial charge in [-0.15, -0.1) is 0 Å². The normalized spacial score (nSPS) is 8.81. The number of rotatable bonds is 5. The third-order valence-electron chi connectivity index (χ3n) is 1.29. The summed E-state index contributed by atoms with van der Waals surface area (Å²) < 4.78 is 0. The number of hydrogen-bond donors (Lipinski definition) is 4. The molecule has 16 heavy (non-hydrogen) atoms. The van der Waals surface area contributed by atoms with Gasteiger partial charge in [-0.2, -0.15) is 0 Å². The maximum Gasteiger partial charge on any atom is 0.336 e. The van der Waals surface area contributed by atoms with E-state index in [0.717, 1.165) is 0 Å². The summed E-state index contributed by atoms with van der Waals surface area (Å²) in [5.74, 6) is -5.02. The summed E-state index contributed by atoms with van der Waals surface area (Å²) in [6.07, 6.45) is -2.29. The number of aliphatic carboxylic acids is 3. The average Bonchev–Trinajstić information content (AvgIpc) is 1.82. The Labute approximate surface area is 164 Å². The molecule has 0 aromatic rings. The van der Waals surface area contributed by atoms with Crippen molar-refractivity contribution in [1.82, 2.24) is 0 Å². The molecule has 0 aliphatic rings. The van der Waals surface area contributed by atoms with Crippen molar-refractivity contribution in [2.45, 2.75) is 18.4 Å². The molecule has 0 unspecified atom stereocenters. The summed E-state index contributed by atoms with van der Waals surface area (Å²) in [5, 5.41) is 33.8. The minimum absolute atomic E-state index is 0. The number of hydrogen-bond acceptors (Lipinski definition) is 4. The fourth-order valence-electron chi connectivity index (χ4n) is 0.714. The fourth-order valence-corrected chi connectivity index (χ4v) is 0.714. The third-order valence-corrected chi connectivity index (χ3v) is 1.29. The Balaban J connectivity index is -0.000000240. The van der Waals surface area contributed by atoms with Gasteiger partial charge in [0, 0.05) is 96.1 Å². The molecule has 97 valence electrons. The van der Waals surface area contributed by atoms with Gasteiger partial charge in [0.05, 0.1) is 12.8 Å². The SMILES string of the molecule is O=C(O)CC(O)(CC(=O)O)C(=O)O.[Au].[Au].[K]. The van der Waals surface area contributed by atoms with Gasteiger partial charge in [-0.25, -0.2) is 4.79 Å². The number of aliphatic hydroxyl groups is 1. The minimum Gasteiger partial charge on any atom is -0.481 e. The van der Waals surface area contributed by atoms with Crippen LogP contribution in [0.2, 0.25) is 0 Å². The van der Waals surface area contributed by atoms with E-state index in [0.29, 0.717) is 0 Å². The van der Waals surface area contributed by atoms with Crippen LogP contribution in [0.25, 0.3) is 0 Å². The summed E-state index contributed by atoms with van der Waals surface area (Å²) in [5.41, 5.74) is -2.74. The Morgan fingerprint density at radius 3 is 1.25 bits per heavy atom. The first-order chi connectivity index (χ1) is 5.78. The Morgan fingerprint density at radius 1 is 0.875 bits per heavy atom. The van der Waals surface area contributed by atoms with E-state index in [-0.39, 0.29) is 96.1 Å². The topological polar surface area (TPSA) is 132 Å². The molecule has 3 radical (unpaired) electrons. The van der Waals surface area contributed by atoms with Crippen molar-refractivity contribution in [1.29, 1.82) is 0 Å². The van der Waals surface area contributed by atoms with Gasteiger partial charge >= 0.3 is 17.9 Å². The van der Waals surface area contributed by atoms with Gasteiger partial charge in [0.2, 0.25) is 0 Å². The molecule has 0 aromatic heterocycles. The molecule has 0 rings (SSSR count). The van der Waals surface area contributed by atoms with Crippen LogP contribution < -0.4 is 0 Å². The van der Waals surface area contributed by atoms with Gasteiger partial charge in [-0.3, -0.25) is 9.59 Å². The average molecular weight is 625 g/mol. The molecule has 10 heteroatoms. The van der Waals surface area contributed by atoms with Crippen LogP contribution in [0, 0.1) is 0 Å². The molecular weight excluding hydrogens is 617 g/mol. The first kappa shape index (κ1) is 26.1. The zero-order valence-corrected chi connectivity index (χ0v) is 15.5. The van der Waals surface area contributed by atoms with Crippen LogP contribution in [0.1, 0.15) is 12.8 Å². The molecule has 0 atom stereocenters. The van der Waals surface area contributed by atoms with Crippen LogP contribution in [0.4, 0.5) is 0 Å². The predicted octanol–water partition coefficient (Wildman–Crippen LogP) is -1.63. The number of carboxylic acid groups (broad SMARTS) is 3. The predicted molar refractivity (Wildman–Crippen MR) is 42.8 cm³/mol. The van der Waals surface area contributed by atoms with Crippen molar-refractivity contribution >= 4 is 69.3 Å². The second kappa shape index (κ2) is 11.6. The summed E-state index contributed by atoms with van der Waals surface area (Å²) in [4.78, 5) is 30.5. The second-order valence-electron chi connectivity index (χ2n) is 2.48. The van der Waals surface area contributed by atoms with E-state index in [4.69, 9.17) is 20.4 Å². The smallest absolute Gasteiger partial charge is 0.336 e. The van der Waals surface area contributed by atoms with Gasteiger partial charge in [-0.1, -0.05) is 0 Å². The van der Waals surface area contributed by atoms with E-state index < -0.39 is 36.4 Å². The zero-order valence-electron chi connectivity index (χ0n) is 8.03. The molecule has 0 bridgehead atoms.